The third-order valence-corrected chi connectivity index (χ3v) is 7.40. The monoisotopic (exact) mass is 489 g/mol. The quantitative estimate of drug-likeness (QED) is 0.420. The number of carbonyl (C=O) groups excluding carboxylic acids is 1. The van der Waals surface area contributed by atoms with Crippen molar-refractivity contribution in [3.63, 3.8) is 0 Å². The number of amides is 2. The van der Waals surface area contributed by atoms with Crippen LogP contribution in [0, 0.1) is 11.7 Å². The van der Waals surface area contributed by atoms with Gasteiger partial charge in [0.1, 0.15) is 5.69 Å². The molecule has 4 aromatic rings. The summed E-state index contributed by atoms with van der Waals surface area (Å²) >= 11 is 0. The summed E-state index contributed by atoms with van der Waals surface area (Å²) in [6.07, 6.45) is 1.86. The molecule has 1 aliphatic heterocycles. The highest BCUT2D eigenvalue weighted by molar-refractivity contribution is 6.00. The SMILES string of the molecule is C[C@H](CN1CCc2cc3c(cc2C1=O)nc(-c1c(F)c2ccccc2n1CC1CC1)n3C)NC(=O)O. The van der Waals surface area contributed by atoms with Gasteiger partial charge in [-0.05, 0) is 61.9 Å². The maximum absolute atomic E-state index is 15.8. The van der Waals surface area contributed by atoms with Gasteiger partial charge in [-0.3, -0.25) is 4.79 Å². The van der Waals surface area contributed by atoms with E-state index < -0.39 is 6.09 Å². The molecule has 0 saturated heterocycles. The van der Waals surface area contributed by atoms with Crippen LogP contribution in [0.3, 0.4) is 0 Å². The van der Waals surface area contributed by atoms with Crippen molar-refractivity contribution in [3.05, 3.63) is 53.3 Å². The van der Waals surface area contributed by atoms with Crippen molar-refractivity contribution in [3.8, 4) is 11.5 Å². The molecular weight excluding hydrogens is 461 g/mol. The highest BCUT2D eigenvalue weighted by Crippen LogP contribution is 2.38. The summed E-state index contributed by atoms with van der Waals surface area (Å²) in [6, 6.07) is 11.0. The second kappa shape index (κ2) is 8.36. The number of benzene rings is 2. The first kappa shape index (κ1) is 22.6. The average Bonchev–Trinajstić information content (AvgIpc) is 3.56. The Labute approximate surface area is 207 Å². The molecular formula is C27H28FN5O3. The molecule has 0 radical (unpaired) electrons. The number of nitrogens with one attached hydrogen (secondary N) is 1. The molecule has 8 nitrogen and oxygen atoms in total. The molecule has 2 aromatic heterocycles. The number of hydrogen-bond acceptors (Lipinski definition) is 3. The van der Waals surface area contributed by atoms with Crippen molar-refractivity contribution >= 4 is 33.9 Å². The van der Waals surface area contributed by atoms with E-state index in [1.807, 2.05) is 41.9 Å². The number of para-hydroxylation sites is 1. The molecule has 2 N–H and O–H groups in total. The predicted octanol–water partition coefficient (Wildman–Crippen LogP) is 4.40. The molecule has 1 aliphatic carbocycles. The number of nitrogens with zero attached hydrogens (tertiary/aromatic N) is 4. The van der Waals surface area contributed by atoms with Gasteiger partial charge >= 0.3 is 6.09 Å². The Balaban J connectivity index is 1.42. The van der Waals surface area contributed by atoms with Gasteiger partial charge in [-0.1, -0.05) is 12.1 Å². The van der Waals surface area contributed by atoms with Crippen molar-refractivity contribution in [1.29, 1.82) is 0 Å². The Morgan fingerprint density at radius 1 is 1.25 bits per heavy atom. The van der Waals surface area contributed by atoms with Crippen LogP contribution in [0.4, 0.5) is 9.18 Å². The van der Waals surface area contributed by atoms with Gasteiger partial charge in [-0.25, -0.2) is 14.2 Å². The topological polar surface area (TPSA) is 92.4 Å². The van der Waals surface area contributed by atoms with Crippen LogP contribution in [-0.4, -0.2) is 55.3 Å². The maximum atomic E-state index is 15.8. The fraction of sp³-hybridized carbons (Fsp3) is 0.370. The van der Waals surface area contributed by atoms with Crippen molar-refractivity contribution in [2.45, 2.75) is 38.8 Å². The van der Waals surface area contributed by atoms with E-state index in [4.69, 9.17) is 10.1 Å². The first-order chi connectivity index (χ1) is 17.3. The van der Waals surface area contributed by atoms with Crippen molar-refractivity contribution in [1.82, 2.24) is 24.3 Å². The van der Waals surface area contributed by atoms with E-state index in [0.29, 0.717) is 53.4 Å². The lowest BCUT2D eigenvalue weighted by Gasteiger charge is -2.30. The normalized spacial score (nSPS) is 16.5. The summed E-state index contributed by atoms with van der Waals surface area (Å²) in [4.78, 5) is 30.7. The second-order valence-corrected chi connectivity index (χ2v) is 10.1. The number of carbonyl (C=O) groups is 2. The van der Waals surface area contributed by atoms with Gasteiger partial charge in [0.15, 0.2) is 11.6 Å². The minimum atomic E-state index is -1.11. The minimum absolute atomic E-state index is 0.140. The zero-order chi connectivity index (χ0) is 25.1. The summed E-state index contributed by atoms with van der Waals surface area (Å²) in [7, 11) is 1.89. The molecule has 2 aromatic carbocycles. The molecule has 0 spiro atoms. The molecule has 9 heteroatoms. The van der Waals surface area contributed by atoms with E-state index >= 15 is 4.39 Å². The van der Waals surface area contributed by atoms with Gasteiger partial charge < -0.3 is 24.5 Å². The standard InChI is InChI=1S/C27H28FN5O3/c1-15(29-27(35)36)13-32-10-9-17-11-22-20(12-19(17)26(32)34)30-25(31(22)2)24-23(28)18-5-3-4-6-21(18)33(24)14-16-7-8-16/h3-6,11-12,15-16,29H,7-10,13-14H2,1-2H3,(H,35,36)/t15-/m1/s1. The lowest BCUT2D eigenvalue weighted by Crippen LogP contribution is -2.46. The van der Waals surface area contributed by atoms with Gasteiger partial charge in [0.25, 0.3) is 5.91 Å². The number of rotatable bonds is 6. The van der Waals surface area contributed by atoms with E-state index in [0.717, 1.165) is 36.0 Å². The molecule has 1 fully saturated rings. The summed E-state index contributed by atoms with van der Waals surface area (Å²) in [5, 5.41) is 12.0. The van der Waals surface area contributed by atoms with E-state index in [1.165, 1.54) is 0 Å². The fourth-order valence-corrected chi connectivity index (χ4v) is 5.42. The zero-order valence-electron chi connectivity index (χ0n) is 20.3. The molecule has 3 heterocycles. The van der Waals surface area contributed by atoms with Gasteiger partial charge in [0.2, 0.25) is 0 Å². The third kappa shape index (κ3) is 3.70. The molecule has 2 amide bonds. The molecule has 1 saturated carbocycles. The largest absolute Gasteiger partial charge is 0.465 e. The average molecular weight is 490 g/mol. The number of imidazole rings is 1. The smallest absolute Gasteiger partial charge is 0.404 e. The van der Waals surface area contributed by atoms with Crippen molar-refractivity contribution in [2.75, 3.05) is 13.1 Å². The van der Waals surface area contributed by atoms with Crippen LogP contribution >= 0.6 is 0 Å². The van der Waals surface area contributed by atoms with E-state index in [2.05, 4.69) is 9.88 Å². The summed E-state index contributed by atoms with van der Waals surface area (Å²) < 4.78 is 19.8. The molecule has 1 atom stereocenters. The number of aromatic nitrogens is 3. The van der Waals surface area contributed by atoms with Gasteiger partial charge in [0.05, 0.1) is 16.6 Å². The number of hydrogen-bond donors (Lipinski definition) is 2. The summed E-state index contributed by atoms with van der Waals surface area (Å²) in [5.74, 6) is 0.697. The Bertz CT molecular complexity index is 1530. The Morgan fingerprint density at radius 2 is 2.03 bits per heavy atom. The Kier molecular flexibility index (Phi) is 5.24. The van der Waals surface area contributed by atoms with Crippen LogP contribution in [-0.2, 0) is 20.0 Å². The fourth-order valence-electron chi connectivity index (χ4n) is 5.42. The highest BCUT2D eigenvalue weighted by atomic mass is 19.1. The number of carboxylic acid groups (broad SMARTS) is 1. The predicted molar refractivity (Wildman–Crippen MR) is 135 cm³/mol. The molecule has 6 rings (SSSR count). The maximum Gasteiger partial charge on any atom is 0.404 e. The van der Waals surface area contributed by atoms with Gasteiger partial charge in [-0.2, -0.15) is 0 Å². The van der Waals surface area contributed by atoms with Crippen molar-refractivity contribution in [2.24, 2.45) is 13.0 Å². The molecule has 186 valence electrons. The van der Waals surface area contributed by atoms with Gasteiger partial charge in [0, 0.05) is 43.7 Å². The lowest BCUT2D eigenvalue weighted by atomic mass is 9.97. The van der Waals surface area contributed by atoms with E-state index in [1.54, 1.807) is 17.9 Å². The zero-order valence-corrected chi connectivity index (χ0v) is 20.3. The molecule has 2 aliphatic rings. The number of aryl methyl sites for hydroxylation is 1. The lowest BCUT2D eigenvalue weighted by molar-refractivity contribution is 0.0723. The van der Waals surface area contributed by atoms with Crippen LogP contribution in [0.5, 0.6) is 0 Å². The number of halogens is 1. The number of fused-ring (bicyclic) bond motifs is 3. The van der Waals surface area contributed by atoms with Crippen LogP contribution in [0.25, 0.3) is 33.5 Å². The summed E-state index contributed by atoms with van der Waals surface area (Å²) in [6.45, 7) is 3.30. The summed E-state index contributed by atoms with van der Waals surface area (Å²) in [5.41, 5.74) is 4.35. The van der Waals surface area contributed by atoms with Crippen LogP contribution in [0.15, 0.2) is 36.4 Å². The second-order valence-electron chi connectivity index (χ2n) is 10.1. The first-order valence-electron chi connectivity index (χ1n) is 12.4. The first-order valence-corrected chi connectivity index (χ1v) is 12.4. The molecule has 0 bridgehead atoms. The Hall–Kier alpha value is -3.88. The highest BCUT2D eigenvalue weighted by Gasteiger charge is 2.30. The third-order valence-electron chi connectivity index (χ3n) is 7.40. The minimum Gasteiger partial charge on any atom is -0.465 e. The van der Waals surface area contributed by atoms with Crippen LogP contribution in [0.2, 0.25) is 0 Å². The Morgan fingerprint density at radius 3 is 2.78 bits per heavy atom. The molecule has 0 unspecified atom stereocenters. The van der Waals surface area contributed by atoms with E-state index in [-0.39, 0.29) is 17.8 Å². The van der Waals surface area contributed by atoms with E-state index in [9.17, 15) is 9.59 Å². The molecule has 36 heavy (non-hydrogen) atoms. The van der Waals surface area contributed by atoms with Crippen LogP contribution in [0.1, 0.15) is 35.7 Å². The van der Waals surface area contributed by atoms with Crippen LogP contribution < -0.4 is 5.32 Å². The van der Waals surface area contributed by atoms with Crippen molar-refractivity contribution < 1.29 is 19.1 Å². The van der Waals surface area contributed by atoms with Gasteiger partial charge in [-0.15, -0.1) is 0 Å².